The number of hydrogen-bond donors (Lipinski definition) is 1. The van der Waals surface area contributed by atoms with E-state index in [4.69, 9.17) is 11.6 Å². The number of hydrogen-bond acceptors (Lipinski definition) is 2. The molecule has 132 valence electrons. The molecule has 1 aromatic heterocycles. The standard InChI is InChI=1S/C17H14ClF3N2O2/c1-2-6-22-15(24)12-8-14(18)16(25)23(10-12)9-11-4-3-5-13(7-11)17(19,20)21/h2-5,7-8,10H,1,6,9H2,(H,22,24). The Hall–Kier alpha value is -2.54. The van der Waals surface area contributed by atoms with Crippen LogP contribution in [0.2, 0.25) is 5.02 Å². The highest BCUT2D eigenvalue weighted by molar-refractivity contribution is 6.30. The van der Waals surface area contributed by atoms with Gasteiger partial charge in [-0.25, -0.2) is 0 Å². The van der Waals surface area contributed by atoms with E-state index in [-0.39, 0.29) is 29.2 Å². The first-order chi connectivity index (χ1) is 11.7. The van der Waals surface area contributed by atoms with Gasteiger partial charge in [-0.3, -0.25) is 9.59 Å². The van der Waals surface area contributed by atoms with Gasteiger partial charge in [0.05, 0.1) is 17.7 Å². The Kier molecular flexibility index (Phi) is 5.69. The van der Waals surface area contributed by atoms with Gasteiger partial charge in [-0.05, 0) is 23.8 Å². The van der Waals surface area contributed by atoms with Crippen molar-refractivity contribution in [2.75, 3.05) is 6.54 Å². The van der Waals surface area contributed by atoms with Crippen LogP contribution in [0.3, 0.4) is 0 Å². The first-order valence-electron chi connectivity index (χ1n) is 7.17. The lowest BCUT2D eigenvalue weighted by molar-refractivity contribution is -0.137. The molecule has 2 aromatic rings. The molecule has 0 saturated carbocycles. The monoisotopic (exact) mass is 370 g/mol. The van der Waals surface area contributed by atoms with Gasteiger partial charge in [0.1, 0.15) is 5.02 Å². The Labute approximate surface area is 146 Å². The minimum absolute atomic E-state index is 0.124. The molecule has 1 amide bonds. The number of nitrogens with one attached hydrogen (secondary N) is 1. The van der Waals surface area contributed by atoms with Crippen LogP contribution in [0.15, 0.2) is 54.0 Å². The molecule has 1 N–H and O–H groups in total. The zero-order valence-corrected chi connectivity index (χ0v) is 13.7. The Morgan fingerprint density at radius 1 is 1.32 bits per heavy atom. The van der Waals surface area contributed by atoms with Crippen LogP contribution in [-0.2, 0) is 12.7 Å². The molecule has 0 bridgehead atoms. The SMILES string of the molecule is C=CCNC(=O)c1cc(Cl)c(=O)n(Cc2cccc(C(F)(F)F)c2)c1. The predicted molar refractivity (Wildman–Crippen MR) is 88.8 cm³/mol. The molecule has 0 aliphatic carbocycles. The summed E-state index contributed by atoms with van der Waals surface area (Å²) in [5, 5.41) is 2.34. The van der Waals surface area contributed by atoms with E-state index in [9.17, 15) is 22.8 Å². The summed E-state index contributed by atoms with van der Waals surface area (Å²) in [4.78, 5) is 24.1. The number of benzene rings is 1. The maximum Gasteiger partial charge on any atom is 0.416 e. The van der Waals surface area contributed by atoms with Crippen molar-refractivity contribution >= 4 is 17.5 Å². The number of aromatic nitrogens is 1. The van der Waals surface area contributed by atoms with E-state index in [0.717, 1.165) is 16.7 Å². The Bertz CT molecular complexity index is 860. The fourth-order valence-corrected chi connectivity index (χ4v) is 2.38. The summed E-state index contributed by atoms with van der Waals surface area (Å²) in [6, 6.07) is 5.82. The normalized spacial score (nSPS) is 11.2. The average Bonchev–Trinajstić information content (AvgIpc) is 2.56. The van der Waals surface area contributed by atoms with Crippen molar-refractivity contribution in [1.82, 2.24) is 9.88 Å². The van der Waals surface area contributed by atoms with Crippen LogP contribution in [0.25, 0.3) is 0 Å². The first-order valence-corrected chi connectivity index (χ1v) is 7.55. The van der Waals surface area contributed by atoms with Gasteiger partial charge in [0, 0.05) is 12.7 Å². The van der Waals surface area contributed by atoms with Gasteiger partial charge in [0.25, 0.3) is 11.5 Å². The van der Waals surface area contributed by atoms with Crippen LogP contribution >= 0.6 is 11.6 Å². The van der Waals surface area contributed by atoms with Crippen molar-refractivity contribution in [3.8, 4) is 0 Å². The molecule has 1 heterocycles. The summed E-state index contributed by atoms with van der Waals surface area (Å²) in [6.07, 6.45) is -1.74. The third-order valence-electron chi connectivity index (χ3n) is 3.32. The van der Waals surface area contributed by atoms with Gasteiger partial charge in [0.2, 0.25) is 0 Å². The van der Waals surface area contributed by atoms with E-state index < -0.39 is 23.2 Å². The lowest BCUT2D eigenvalue weighted by Gasteiger charge is -2.12. The molecule has 0 radical (unpaired) electrons. The zero-order chi connectivity index (χ0) is 18.6. The van der Waals surface area contributed by atoms with Crippen LogP contribution in [0.4, 0.5) is 13.2 Å². The fraction of sp³-hybridized carbons (Fsp3) is 0.176. The number of nitrogens with zero attached hydrogens (tertiary/aromatic N) is 1. The number of pyridine rings is 1. The van der Waals surface area contributed by atoms with E-state index in [1.54, 1.807) is 0 Å². The second-order valence-electron chi connectivity index (χ2n) is 5.21. The number of rotatable bonds is 5. The van der Waals surface area contributed by atoms with Gasteiger partial charge in [-0.1, -0.05) is 29.8 Å². The highest BCUT2D eigenvalue weighted by atomic mass is 35.5. The topological polar surface area (TPSA) is 51.1 Å². The molecule has 0 unspecified atom stereocenters. The molecule has 1 aromatic carbocycles. The lowest BCUT2D eigenvalue weighted by Crippen LogP contribution is -2.27. The molecule has 4 nitrogen and oxygen atoms in total. The third kappa shape index (κ3) is 4.73. The molecular formula is C17H14ClF3N2O2. The zero-order valence-electron chi connectivity index (χ0n) is 12.9. The Morgan fingerprint density at radius 3 is 2.68 bits per heavy atom. The van der Waals surface area contributed by atoms with Crippen LogP contribution in [0, 0.1) is 0 Å². The van der Waals surface area contributed by atoms with Gasteiger partial charge in [0.15, 0.2) is 0 Å². The molecule has 8 heteroatoms. The van der Waals surface area contributed by atoms with Crippen molar-refractivity contribution in [3.05, 3.63) is 81.3 Å². The average molecular weight is 371 g/mol. The fourth-order valence-electron chi connectivity index (χ4n) is 2.15. The van der Waals surface area contributed by atoms with Crippen molar-refractivity contribution < 1.29 is 18.0 Å². The van der Waals surface area contributed by atoms with Crippen LogP contribution in [0.1, 0.15) is 21.5 Å². The van der Waals surface area contributed by atoms with Gasteiger partial charge >= 0.3 is 6.18 Å². The summed E-state index contributed by atoms with van der Waals surface area (Å²) in [5.74, 6) is -0.473. The van der Waals surface area contributed by atoms with E-state index >= 15 is 0 Å². The second kappa shape index (κ2) is 7.57. The van der Waals surface area contributed by atoms with E-state index in [0.29, 0.717) is 0 Å². The third-order valence-corrected chi connectivity index (χ3v) is 3.59. The summed E-state index contributed by atoms with van der Waals surface area (Å²) in [5.41, 5.74) is -1.03. The molecule has 0 spiro atoms. The van der Waals surface area contributed by atoms with Crippen LogP contribution < -0.4 is 10.9 Å². The highest BCUT2D eigenvalue weighted by Gasteiger charge is 2.30. The minimum Gasteiger partial charge on any atom is -0.349 e. The molecular weight excluding hydrogens is 357 g/mol. The summed E-state index contributed by atoms with van der Waals surface area (Å²) >= 11 is 5.85. The first kappa shape index (κ1) is 18.8. The van der Waals surface area contributed by atoms with Gasteiger partial charge in [-0.15, -0.1) is 6.58 Å². The van der Waals surface area contributed by atoms with Crippen LogP contribution in [-0.4, -0.2) is 17.0 Å². The van der Waals surface area contributed by atoms with Crippen molar-refractivity contribution in [2.24, 2.45) is 0 Å². The molecule has 0 aliphatic heterocycles. The summed E-state index contributed by atoms with van der Waals surface area (Å²) in [6.45, 7) is 3.55. The van der Waals surface area contributed by atoms with Crippen molar-refractivity contribution in [1.29, 1.82) is 0 Å². The van der Waals surface area contributed by atoms with E-state index in [1.165, 1.54) is 30.5 Å². The molecule has 2 rings (SSSR count). The number of amides is 1. The number of halogens is 4. The lowest BCUT2D eigenvalue weighted by atomic mass is 10.1. The summed E-state index contributed by atoms with van der Waals surface area (Å²) in [7, 11) is 0. The van der Waals surface area contributed by atoms with Gasteiger partial charge in [-0.2, -0.15) is 13.2 Å². The van der Waals surface area contributed by atoms with Crippen molar-refractivity contribution in [3.63, 3.8) is 0 Å². The Morgan fingerprint density at radius 2 is 2.04 bits per heavy atom. The largest absolute Gasteiger partial charge is 0.416 e. The predicted octanol–water partition coefficient (Wildman–Crippen LogP) is 3.48. The summed E-state index contributed by atoms with van der Waals surface area (Å²) < 4.78 is 39.5. The highest BCUT2D eigenvalue weighted by Crippen LogP contribution is 2.29. The quantitative estimate of drug-likeness (QED) is 0.819. The van der Waals surface area contributed by atoms with E-state index in [1.807, 2.05) is 0 Å². The Balaban J connectivity index is 2.36. The maximum absolute atomic E-state index is 12.8. The molecule has 0 aliphatic rings. The minimum atomic E-state index is -4.48. The number of alkyl halides is 3. The van der Waals surface area contributed by atoms with Crippen molar-refractivity contribution in [2.45, 2.75) is 12.7 Å². The van der Waals surface area contributed by atoms with Crippen LogP contribution in [0.5, 0.6) is 0 Å². The second-order valence-corrected chi connectivity index (χ2v) is 5.61. The number of carbonyl (C=O) groups excluding carboxylic acids is 1. The number of carbonyl (C=O) groups is 1. The maximum atomic E-state index is 12.8. The molecule has 25 heavy (non-hydrogen) atoms. The smallest absolute Gasteiger partial charge is 0.349 e. The van der Waals surface area contributed by atoms with Gasteiger partial charge < -0.3 is 9.88 Å². The van der Waals surface area contributed by atoms with E-state index in [2.05, 4.69) is 11.9 Å². The molecule has 0 atom stereocenters. The molecule has 0 fully saturated rings. The molecule has 0 saturated heterocycles.